The Balaban J connectivity index is 1.86. The maximum absolute atomic E-state index is 13.2. The molecule has 2 aromatic rings. The number of nitrogens with zero attached hydrogens (tertiary/aromatic N) is 1. The number of hydrogen-bond donors (Lipinski definition) is 1. The van der Waals surface area contributed by atoms with Gasteiger partial charge < -0.3 is 9.53 Å². The summed E-state index contributed by atoms with van der Waals surface area (Å²) >= 11 is 2.34. The van der Waals surface area contributed by atoms with Gasteiger partial charge in [0.05, 0.1) is 17.4 Å². The highest BCUT2D eigenvalue weighted by Crippen LogP contribution is 2.55. The molecule has 1 aromatic heterocycles. The summed E-state index contributed by atoms with van der Waals surface area (Å²) in [5.74, 6) is 0.0501. The van der Waals surface area contributed by atoms with E-state index in [0.29, 0.717) is 11.1 Å². The molecule has 2 atom stereocenters. The van der Waals surface area contributed by atoms with Crippen LogP contribution in [0.2, 0.25) is 18.1 Å². The van der Waals surface area contributed by atoms with Gasteiger partial charge in [-0.15, -0.1) is 0 Å². The van der Waals surface area contributed by atoms with Crippen LogP contribution in [-0.2, 0) is 17.0 Å². The van der Waals surface area contributed by atoms with Crippen molar-refractivity contribution in [1.29, 1.82) is 0 Å². The van der Waals surface area contributed by atoms with Crippen molar-refractivity contribution in [3.8, 4) is 0 Å². The minimum Gasteiger partial charge on any atom is -0.410 e. The lowest BCUT2D eigenvalue weighted by Gasteiger charge is -2.46. The van der Waals surface area contributed by atoms with Gasteiger partial charge in [-0.1, -0.05) is 59.6 Å². The Morgan fingerprint density at radius 2 is 1.66 bits per heavy atom. The summed E-state index contributed by atoms with van der Waals surface area (Å²) in [4.78, 5) is 5.23. The van der Waals surface area contributed by atoms with Gasteiger partial charge in [0.1, 0.15) is 6.10 Å². The second-order valence-corrected chi connectivity index (χ2v) is 19.1. The van der Waals surface area contributed by atoms with Gasteiger partial charge in [0.25, 0.3) is 0 Å². The van der Waals surface area contributed by atoms with Crippen molar-refractivity contribution in [2.45, 2.75) is 116 Å². The quantitative estimate of drug-likeness (QED) is 0.257. The Bertz CT molecular complexity index is 1170. The number of hydrogen-bond acceptors (Lipinski definition) is 3. The summed E-state index contributed by atoms with van der Waals surface area (Å²) in [6.45, 7) is 15.4. The summed E-state index contributed by atoms with van der Waals surface area (Å²) in [5.41, 5.74) is 3.60. The molecule has 4 rings (SSSR count). The van der Waals surface area contributed by atoms with Crippen molar-refractivity contribution in [3.63, 3.8) is 0 Å². The highest BCUT2D eigenvalue weighted by atomic mass is 127. The van der Waals surface area contributed by atoms with Crippen LogP contribution >= 0.6 is 22.6 Å². The molecule has 1 fully saturated rings. The minimum absolute atomic E-state index is 0.0484. The van der Waals surface area contributed by atoms with Gasteiger partial charge in [0.2, 0.25) is 0 Å². The van der Waals surface area contributed by atoms with Crippen LogP contribution in [0.5, 0.6) is 0 Å². The van der Waals surface area contributed by atoms with Crippen molar-refractivity contribution >= 4 is 30.9 Å². The van der Waals surface area contributed by atoms with Crippen LogP contribution in [0.15, 0.2) is 24.3 Å². The molecule has 2 aliphatic rings. The molecule has 0 bridgehead atoms. The van der Waals surface area contributed by atoms with Crippen LogP contribution in [0.4, 0.5) is 13.2 Å². The van der Waals surface area contributed by atoms with Gasteiger partial charge in [-0.05, 0) is 95.4 Å². The molecule has 0 radical (unpaired) electrons. The molecule has 2 aliphatic carbocycles. The van der Waals surface area contributed by atoms with E-state index in [9.17, 15) is 18.3 Å². The molecule has 38 heavy (non-hydrogen) atoms. The van der Waals surface area contributed by atoms with E-state index in [-0.39, 0.29) is 22.5 Å². The van der Waals surface area contributed by atoms with E-state index in [1.165, 1.54) is 37.8 Å². The van der Waals surface area contributed by atoms with Crippen molar-refractivity contribution in [1.82, 2.24) is 4.98 Å². The SMILES string of the molecule is CC(C)c1nc2c(c(I)c1[C@H](O)c1ccc(C(F)(F)F)cc1)C(O[Si](C)(C)C(C)(C)C)CC1(CCCC1)C2. The minimum atomic E-state index is -4.42. The van der Waals surface area contributed by atoms with Gasteiger partial charge in [0.15, 0.2) is 8.32 Å². The molecule has 0 saturated heterocycles. The van der Waals surface area contributed by atoms with E-state index in [1.54, 1.807) is 0 Å². The number of aliphatic hydroxyl groups excluding tert-OH is 1. The van der Waals surface area contributed by atoms with Crippen molar-refractivity contribution in [2.24, 2.45) is 5.41 Å². The van der Waals surface area contributed by atoms with E-state index >= 15 is 0 Å². The maximum atomic E-state index is 13.2. The number of fused-ring (bicyclic) bond motifs is 1. The van der Waals surface area contributed by atoms with Crippen molar-refractivity contribution in [2.75, 3.05) is 0 Å². The molecule has 3 nitrogen and oxygen atoms in total. The molecule has 0 amide bonds. The lowest BCUT2D eigenvalue weighted by atomic mass is 9.70. The van der Waals surface area contributed by atoms with Gasteiger partial charge in [0, 0.05) is 20.4 Å². The smallest absolute Gasteiger partial charge is 0.410 e. The van der Waals surface area contributed by atoms with Crippen LogP contribution in [0, 0.1) is 8.99 Å². The zero-order chi connectivity index (χ0) is 28.3. The summed E-state index contributed by atoms with van der Waals surface area (Å²) in [6, 6.07) is 4.84. The normalized spacial score (nSPS) is 20.7. The molecular formula is C30H41F3INO2Si. The van der Waals surface area contributed by atoms with Crippen LogP contribution in [-0.4, -0.2) is 18.4 Å². The second-order valence-electron chi connectivity index (χ2n) is 13.2. The lowest BCUT2D eigenvalue weighted by Crippen LogP contribution is -2.44. The Morgan fingerprint density at radius 3 is 2.16 bits per heavy atom. The molecule has 1 aromatic carbocycles. The Labute approximate surface area is 240 Å². The zero-order valence-corrected chi connectivity index (χ0v) is 26.8. The summed E-state index contributed by atoms with van der Waals surface area (Å²) in [6.07, 6.45) is 1.14. The third-order valence-electron chi connectivity index (χ3n) is 9.08. The molecule has 8 heteroatoms. The summed E-state index contributed by atoms with van der Waals surface area (Å²) in [5, 5.41) is 11.6. The van der Waals surface area contributed by atoms with E-state index in [1.807, 2.05) is 0 Å². The Hall–Kier alpha value is -0.973. The third-order valence-corrected chi connectivity index (χ3v) is 14.7. The molecule has 1 spiro atoms. The molecule has 1 N–H and O–H groups in total. The maximum Gasteiger partial charge on any atom is 0.416 e. The molecule has 1 unspecified atom stereocenters. The van der Waals surface area contributed by atoms with Gasteiger partial charge in [-0.3, -0.25) is 4.98 Å². The molecule has 1 saturated carbocycles. The van der Waals surface area contributed by atoms with Gasteiger partial charge in [-0.25, -0.2) is 0 Å². The van der Waals surface area contributed by atoms with Gasteiger partial charge >= 0.3 is 6.18 Å². The van der Waals surface area contributed by atoms with E-state index in [0.717, 1.165) is 45.5 Å². The molecule has 1 heterocycles. The fourth-order valence-electron chi connectivity index (χ4n) is 5.89. The average molecular weight is 660 g/mol. The van der Waals surface area contributed by atoms with Crippen LogP contribution in [0.3, 0.4) is 0 Å². The number of rotatable bonds is 5. The third kappa shape index (κ3) is 5.74. The molecule has 0 aliphatic heterocycles. The standard InChI is InChI=1S/C30H41F3INO2Si/c1-18(2)26-24(27(36)19-10-12-20(13-11-19)30(31,32)33)25(34)23-21(35-26)16-29(14-8-9-15-29)17-22(23)37-38(6,7)28(3,4)5/h10-13,18,22,27,36H,8-9,14-17H2,1-7H3/t22?,27-/m1/s1. The number of alkyl halides is 3. The summed E-state index contributed by atoms with van der Waals surface area (Å²) in [7, 11) is -2.12. The van der Waals surface area contributed by atoms with Crippen LogP contribution in [0.1, 0.15) is 118 Å². The highest BCUT2D eigenvalue weighted by Gasteiger charge is 2.48. The van der Waals surface area contributed by atoms with Crippen LogP contribution < -0.4 is 0 Å². The predicted molar refractivity (Wildman–Crippen MR) is 157 cm³/mol. The first kappa shape index (κ1) is 30.0. The van der Waals surface area contributed by atoms with Crippen molar-refractivity contribution < 1.29 is 22.7 Å². The fraction of sp³-hybridized carbons (Fsp3) is 0.633. The number of aliphatic hydroxyl groups is 1. The topological polar surface area (TPSA) is 42.4 Å². The first-order valence-electron chi connectivity index (χ1n) is 13.7. The van der Waals surface area contributed by atoms with Gasteiger partial charge in [-0.2, -0.15) is 13.2 Å². The first-order valence-corrected chi connectivity index (χ1v) is 17.7. The first-order chi connectivity index (χ1) is 17.5. The molecule has 210 valence electrons. The Morgan fingerprint density at radius 1 is 1.08 bits per heavy atom. The lowest BCUT2D eigenvalue weighted by molar-refractivity contribution is -0.137. The van der Waals surface area contributed by atoms with E-state index in [2.05, 4.69) is 70.3 Å². The zero-order valence-electron chi connectivity index (χ0n) is 23.6. The highest BCUT2D eigenvalue weighted by molar-refractivity contribution is 14.1. The second kappa shape index (κ2) is 10.5. The largest absolute Gasteiger partial charge is 0.416 e. The van der Waals surface area contributed by atoms with E-state index < -0.39 is 26.2 Å². The number of aromatic nitrogens is 1. The van der Waals surface area contributed by atoms with Crippen LogP contribution in [0.25, 0.3) is 0 Å². The fourth-order valence-corrected chi connectivity index (χ4v) is 8.39. The number of benzene rings is 1. The predicted octanol–water partition coefficient (Wildman–Crippen LogP) is 9.48. The number of halogens is 4. The van der Waals surface area contributed by atoms with Crippen molar-refractivity contribution in [3.05, 3.63) is 61.5 Å². The number of pyridine rings is 1. The monoisotopic (exact) mass is 659 g/mol. The Kier molecular flexibility index (Phi) is 8.25. The van der Waals surface area contributed by atoms with E-state index in [4.69, 9.17) is 9.41 Å². The molecular weight excluding hydrogens is 618 g/mol. The average Bonchev–Trinajstić information content (AvgIpc) is 3.23. The summed E-state index contributed by atoms with van der Waals surface area (Å²) < 4.78 is 47.6.